The van der Waals surface area contributed by atoms with Crippen molar-refractivity contribution in [2.75, 3.05) is 5.75 Å². The number of allylic oxidation sites excluding steroid dienone is 5. The van der Waals surface area contributed by atoms with Crippen LogP contribution >= 0.6 is 0 Å². The molecule has 3 atom stereocenters. The second-order valence-electron chi connectivity index (χ2n) is 9.11. The summed E-state index contributed by atoms with van der Waals surface area (Å²) in [5, 5.41) is 22.9. The molecule has 0 aliphatic rings. The average Bonchev–Trinajstić information content (AvgIpc) is 2.80. The van der Waals surface area contributed by atoms with E-state index in [1.807, 2.05) is 19.1 Å². The fourth-order valence-corrected chi connectivity index (χ4v) is 4.40. The van der Waals surface area contributed by atoms with E-state index in [-0.39, 0.29) is 6.42 Å². The minimum atomic E-state index is -4.43. The first kappa shape index (κ1) is 33.5. The lowest BCUT2D eigenvalue weighted by molar-refractivity contribution is -0.130. The van der Waals surface area contributed by atoms with Gasteiger partial charge in [0.05, 0.1) is 17.9 Å². The minimum Gasteiger partial charge on any atom is -0.387 e. The van der Waals surface area contributed by atoms with E-state index in [0.29, 0.717) is 12.8 Å². The molecule has 0 aliphatic heterocycles. The van der Waals surface area contributed by atoms with Gasteiger partial charge < -0.3 is 15.5 Å². The molecule has 204 valence electrons. The number of hydrogen-bond donors (Lipinski definition) is 4. The summed E-state index contributed by atoms with van der Waals surface area (Å²) in [6.07, 6.45) is 22.4. The van der Waals surface area contributed by atoms with Crippen molar-refractivity contribution in [1.29, 1.82) is 0 Å². The molecule has 0 rings (SSSR count). The second-order valence-corrected chi connectivity index (χ2v) is 10.6. The summed E-state index contributed by atoms with van der Waals surface area (Å²) in [6.45, 7) is 4.17. The van der Waals surface area contributed by atoms with Gasteiger partial charge in [-0.25, -0.2) is 0 Å². The topological polar surface area (TPSA) is 124 Å². The molecule has 35 heavy (non-hydrogen) atoms. The summed E-state index contributed by atoms with van der Waals surface area (Å²) in [6, 6.07) is -1.25. The normalized spacial score (nSPS) is 15.2. The van der Waals surface area contributed by atoms with Crippen LogP contribution in [0.1, 0.15) is 104 Å². The Balaban J connectivity index is 4.44. The number of carbonyl (C=O) groups is 1. The maximum Gasteiger partial charge on any atom is 0.267 e. The lowest BCUT2D eigenvalue weighted by Gasteiger charge is -2.22. The predicted molar refractivity (Wildman–Crippen MR) is 144 cm³/mol. The molecule has 4 N–H and O–H groups in total. The van der Waals surface area contributed by atoms with Crippen molar-refractivity contribution in [3.8, 4) is 0 Å². The van der Waals surface area contributed by atoms with Crippen molar-refractivity contribution in [2.45, 2.75) is 122 Å². The van der Waals surface area contributed by atoms with Crippen molar-refractivity contribution in [1.82, 2.24) is 5.32 Å². The van der Waals surface area contributed by atoms with Gasteiger partial charge in [0, 0.05) is 0 Å². The Bertz CT molecular complexity index is 717. The van der Waals surface area contributed by atoms with Crippen LogP contribution in [-0.4, -0.2) is 53.1 Å². The van der Waals surface area contributed by atoms with Crippen LogP contribution in [0, 0.1) is 0 Å². The molecule has 8 heteroatoms. The van der Waals surface area contributed by atoms with Crippen LogP contribution in [0.25, 0.3) is 0 Å². The third-order valence-corrected chi connectivity index (χ3v) is 6.53. The molecular weight excluding hydrogens is 466 g/mol. The van der Waals surface area contributed by atoms with Gasteiger partial charge in [-0.1, -0.05) is 101 Å². The average molecular weight is 516 g/mol. The molecular formula is C27H49NO6S. The van der Waals surface area contributed by atoms with Crippen LogP contribution < -0.4 is 5.32 Å². The number of aliphatic hydroxyl groups excluding tert-OH is 2. The Morgan fingerprint density at radius 1 is 0.829 bits per heavy atom. The maximum atomic E-state index is 12.3. The van der Waals surface area contributed by atoms with Crippen LogP contribution in [0.2, 0.25) is 0 Å². The first-order valence-corrected chi connectivity index (χ1v) is 14.9. The van der Waals surface area contributed by atoms with Gasteiger partial charge in [-0.15, -0.1) is 0 Å². The molecule has 0 aromatic rings. The molecule has 0 heterocycles. The third-order valence-electron chi connectivity index (χ3n) is 5.75. The van der Waals surface area contributed by atoms with E-state index in [2.05, 4.69) is 24.4 Å². The Morgan fingerprint density at radius 2 is 1.34 bits per heavy atom. The van der Waals surface area contributed by atoms with E-state index >= 15 is 0 Å². The molecule has 7 nitrogen and oxygen atoms in total. The van der Waals surface area contributed by atoms with Gasteiger partial charge in [0.15, 0.2) is 0 Å². The van der Waals surface area contributed by atoms with E-state index in [4.69, 9.17) is 0 Å². The zero-order valence-electron chi connectivity index (χ0n) is 21.8. The lowest BCUT2D eigenvalue weighted by Crippen LogP contribution is -2.50. The molecule has 0 saturated heterocycles. The highest BCUT2D eigenvalue weighted by atomic mass is 32.2. The highest BCUT2D eigenvalue weighted by Crippen LogP contribution is 2.12. The van der Waals surface area contributed by atoms with Crippen molar-refractivity contribution in [3.63, 3.8) is 0 Å². The predicted octanol–water partition coefficient (Wildman–Crippen LogP) is 5.25. The standard InChI is InChI=1S/C27H49NO6S/c1-3-5-7-9-11-13-15-17-19-21-25(29)24(23-35(32,33)34)28-27(31)26(30)22-20-18-16-14-12-10-8-6-4-2/h3,5,11,13,19,21,24-26,29-30H,4,6-10,12,14-18,20,22-23H2,1-2H3,(H,28,31)(H,32,33,34)/b5-3+,13-11+,21-19+. The molecule has 0 saturated carbocycles. The Hall–Kier alpha value is -1.48. The van der Waals surface area contributed by atoms with Gasteiger partial charge in [-0.05, 0) is 39.0 Å². The highest BCUT2D eigenvalue weighted by Gasteiger charge is 2.27. The molecule has 0 spiro atoms. The number of amides is 1. The molecule has 3 unspecified atom stereocenters. The molecule has 0 radical (unpaired) electrons. The number of rotatable bonds is 22. The number of carbonyl (C=O) groups excluding carboxylic acids is 1. The van der Waals surface area contributed by atoms with Gasteiger partial charge >= 0.3 is 0 Å². The molecule has 0 fully saturated rings. The van der Waals surface area contributed by atoms with Crippen LogP contribution in [0.5, 0.6) is 0 Å². The van der Waals surface area contributed by atoms with E-state index in [1.165, 1.54) is 38.2 Å². The van der Waals surface area contributed by atoms with Crippen molar-refractivity contribution in [2.24, 2.45) is 0 Å². The van der Waals surface area contributed by atoms with Gasteiger partial charge in [0.25, 0.3) is 10.1 Å². The van der Waals surface area contributed by atoms with Gasteiger partial charge in [0.1, 0.15) is 6.10 Å². The van der Waals surface area contributed by atoms with E-state index in [9.17, 15) is 28.0 Å². The summed E-state index contributed by atoms with van der Waals surface area (Å²) in [7, 11) is -4.43. The SMILES string of the molecule is C/C=C/CC/C=C/CC/C=C/C(O)C(CS(=O)(=O)O)NC(=O)C(O)CCCCCCCCCCC. The summed E-state index contributed by atoms with van der Waals surface area (Å²) >= 11 is 0. The van der Waals surface area contributed by atoms with Crippen LogP contribution in [0.15, 0.2) is 36.5 Å². The van der Waals surface area contributed by atoms with Crippen molar-refractivity contribution in [3.05, 3.63) is 36.5 Å². The minimum absolute atomic E-state index is 0.270. The second kappa shape index (κ2) is 21.8. The number of unbranched alkanes of at least 4 members (excludes halogenated alkanes) is 10. The summed E-state index contributed by atoms with van der Waals surface area (Å²) in [5.41, 5.74) is 0. The van der Waals surface area contributed by atoms with Gasteiger partial charge in [-0.3, -0.25) is 9.35 Å². The quantitative estimate of drug-likeness (QED) is 0.0887. The van der Waals surface area contributed by atoms with E-state index in [1.54, 1.807) is 6.08 Å². The zero-order chi connectivity index (χ0) is 26.4. The molecule has 0 aliphatic carbocycles. The molecule has 1 amide bonds. The molecule has 0 aromatic heterocycles. The van der Waals surface area contributed by atoms with Crippen LogP contribution in [0.3, 0.4) is 0 Å². The Kier molecular flexibility index (Phi) is 20.9. The maximum absolute atomic E-state index is 12.3. The number of aliphatic hydroxyl groups is 2. The van der Waals surface area contributed by atoms with Gasteiger partial charge in [-0.2, -0.15) is 8.42 Å². The third kappa shape index (κ3) is 21.5. The van der Waals surface area contributed by atoms with E-state index < -0.39 is 40.0 Å². The highest BCUT2D eigenvalue weighted by molar-refractivity contribution is 7.85. The zero-order valence-corrected chi connectivity index (χ0v) is 22.6. The fraction of sp³-hybridized carbons (Fsp3) is 0.741. The van der Waals surface area contributed by atoms with Crippen LogP contribution in [0.4, 0.5) is 0 Å². The van der Waals surface area contributed by atoms with Gasteiger partial charge in [0.2, 0.25) is 5.91 Å². The Morgan fingerprint density at radius 3 is 1.89 bits per heavy atom. The summed E-state index contributed by atoms with van der Waals surface area (Å²) in [5.74, 6) is -1.57. The van der Waals surface area contributed by atoms with Crippen LogP contribution in [-0.2, 0) is 14.9 Å². The summed E-state index contributed by atoms with van der Waals surface area (Å²) < 4.78 is 32.0. The monoisotopic (exact) mass is 515 g/mol. The first-order chi connectivity index (χ1) is 16.7. The smallest absolute Gasteiger partial charge is 0.267 e. The van der Waals surface area contributed by atoms with Crippen molar-refractivity contribution < 1.29 is 28.0 Å². The van der Waals surface area contributed by atoms with Crippen molar-refractivity contribution >= 4 is 16.0 Å². The largest absolute Gasteiger partial charge is 0.387 e. The number of nitrogens with one attached hydrogen (secondary N) is 1. The fourth-order valence-electron chi connectivity index (χ4n) is 3.67. The number of hydrogen-bond acceptors (Lipinski definition) is 5. The molecule has 0 bridgehead atoms. The lowest BCUT2D eigenvalue weighted by atomic mass is 10.0. The summed E-state index contributed by atoms with van der Waals surface area (Å²) in [4.78, 5) is 12.3. The molecule has 0 aromatic carbocycles. The van der Waals surface area contributed by atoms with E-state index in [0.717, 1.165) is 38.5 Å². The first-order valence-electron chi connectivity index (χ1n) is 13.3. The Labute approximate surface area is 213 Å².